The van der Waals surface area contributed by atoms with E-state index in [1.54, 1.807) is 6.20 Å². The predicted octanol–water partition coefficient (Wildman–Crippen LogP) is 0.467. The van der Waals surface area contributed by atoms with E-state index in [1.165, 1.54) is 0 Å². The van der Waals surface area contributed by atoms with Gasteiger partial charge in [-0.3, -0.25) is 4.79 Å². The van der Waals surface area contributed by atoms with E-state index in [2.05, 4.69) is 22.5 Å². The summed E-state index contributed by atoms with van der Waals surface area (Å²) in [5, 5.41) is 6.36. The van der Waals surface area contributed by atoms with Gasteiger partial charge in [-0.1, -0.05) is 0 Å². The van der Waals surface area contributed by atoms with Gasteiger partial charge in [0.2, 0.25) is 5.91 Å². The molecule has 0 spiro atoms. The van der Waals surface area contributed by atoms with Crippen molar-refractivity contribution >= 4 is 5.91 Å². The molecule has 0 bridgehead atoms. The Balaban J connectivity index is 1.76. The highest BCUT2D eigenvalue weighted by Gasteiger charge is 2.26. The van der Waals surface area contributed by atoms with Crippen molar-refractivity contribution in [2.75, 3.05) is 13.1 Å². The lowest BCUT2D eigenvalue weighted by atomic mass is 9.91. The van der Waals surface area contributed by atoms with Crippen LogP contribution in [0.4, 0.5) is 0 Å². The molecule has 2 heterocycles. The molecule has 1 aromatic heterocycles. The molecule has 1 aliphatic heterocycles. The van der Waals surface area contributed by atoms with Crippen molar-refractivity contribution < 1.29 is 4.79 Å². The van der Waals surface area contributed by atoms with Crippen molar-refractivity contribution in [2.45, 2.75) is 32.2 Å². The van der Waals surface area contributed by atoms with E-state index in [-0.39, 0.29) is 17.9 Å². The van der Waals surface area contributed by atoms with E-state index in [9.17, 15) is 4.79 Å². The molecule has 1 saturated heterocycles. The first-order valence-electron chi connectivity index (χ1n) is 6.66. The van der Waals surface area contributed by atoms with Crippen LogP contribution in [0.1, 0.15) is 25.6 Å². The molecule has 5 heteroatoms. The molecule has 0 aromatic carbocycles. The summed E-state index contributed by atoms with van der Waals surface area (Å²) < 4.78 is 1.98. The lowest BCUT2D eigenvalue weighted by Gasteiger charge is -2.28. The SMILES string of the molecule is CC1NCCCC1C(=O)NCCc1nccn1C. The van der Waals surface area contributed by atoms with Gasteiger partial charge in [-0.25, -0.2) is 4.98 Å². The van der Waals surface area contributed by atoms with Crippen LogP contribution in [0.3, 0.4) is 0 Å². The molecular formula is C13H22N4O. The smallest absolute Gasteiger partial charge is 0.224 e. The van der Waals surface area contributed by atoms with Crippen molar-refractivity contribution in [3.63, 3.8) is 0 Å². The van der Waals surface area contributed by atoms with E-state index in [4.69, 9.17) is 0 Å². The minimum absolute atomic E-state index is 0.111. The predicted molar refractivity (Wildman–Crippen MR) is 70.1 cm³/mol. The molecule has 1 aromatic rings. The molecular weight excluding hydrogens is 228 g/mol. The first kappa shape index (κ1) is 13.1. The average Bonchev–Trinajstić information content (AvgIpc) is 2.75. The van der Waals surface area contributed by atoms with Gasteiger partial charge >= 0.3 is 0 Å². The van der Waals surface area contributed by atoms with Crippen LogP contribution in [0.25, 0.3) is 0 Å². The van der Waals surface area contributed by atoms with Crippen molar-refractivity contribution in [2.24, 2.45) is 13.0 Å². The van der Waals surface area contributed by atoms with Crippen molar-refractivity contribution in [1.82, 2.24) is 20.2 Å². The molecule has 2 rings (SSSR count). The lowest BCUT2D eigenvalue weighted by Crippen LogP contribution is -2.47. The number of hydrogen-bond acceptors (Lipinski definition) is 3. The minimum atomic E-state index is 0.111. The van der Waals surface area contributed by atoms with Gasteiger partial charge in [0.1, 0.15) is 5.82 Å². The molecule has 100 valence electrons. The number of carbonyl (C=O) groups is 1. The van der Waals surface area contributed by atoms with Crippen LogP contribution >= 0.6 is 0 Å². The summed E-state index contributed by atoms with van der Waals surface area (Å²) in [5.41, 5.74) is 0. The van der Waals surface area contributed by atoms with Crippen LogP contribution in [0, 0.1) is 5.92 Å². The number of carbonyl (C=O) groups excluding carboxylic acids is 1. The summed E-state index contributed by atoms with van der Waals surface area (Å²) >= 11 is 0. The Kier molecular flexibility index (Phi) is 4.36. The van der Waals surface area contributed by atoms with Gasteiger partial charge in [0, 0.05) is 38.4 Å². The number of nitrogens with one attached hydrogen (secondary N) is 2. The first-order chi connectivity index (χ1) is 8.68. The summed E-state index contributed by atoms with van der Waals surface area (Å²) in [6.07, 6.45) is 6.56. The Hall–Kier alpha value is -1.36. The van der Waals surface area contributed by atoms with E-state index in [1.807, 2.05) is 17.8 Å². The normalized spacial score (nSPS) is 23.9. The summed E-state index contributed by atoms with van der Waals surface area (Å²) in [5.74, 6) is 1.29. The Morgan fingerprint density at radius 2 is 2.50 bits per heavy atom. The molecule has 2 unspecified atom stereocenters. The second-order valence-corrected chi connectivity index (χ2v) is 4.99. The fourth-order valence-corrected chi connectivity index (χ4v) is 2.47. The van der Waals surface area contributed by atoms with Gasteiger partial charge in [-0.2, -0.15) is 0 Å². The van der Waals surface area contributed by atoms with Gasteiger partial charge < -0.3 is 15.2 Å². The van der Waals surface area contributed by atoms with Crippen LogP contribution in [0.5, 0.6) is 0 Å². The molecule has 1 aliphatic rings. The molecule has 0 saturated carbocycles. The first-order valence-corrected chi connectivity index (χ1v) is 6.66. The molecule has 1 amide bonds. The Morgan fingerprint density at radius 3 is 3.17 bits per heavy atom. The number of amides is 1. The number of hydrogen-bond donors (Lipinski definition) is 2. The monoisotopic (exact) mass is 250 g/mol. The number of aromatic nitrogens is 2. The fourth-order valence-electron chi connectivity index (χ4n) is 2.47. The average molecular weight is 250 g/mol. The zero-order valence-corrected chi connectivity index (χ0v) is 11.1. The van der Waals surface area contributed by atoms with E-state index in [0.717, 1.165) is 31.6 Å². The largest absolute Gasteiger partial charge is 0.355 e. The Labute approximate surface area is 108 Å². The van der Waals surface area contributed by atoms with E-state index < -0.39 is 0 Å². The molecule has 2 atom stereocenters. The van der Waals surface area contributed by atoms with Crippen LogP contribution in [0.15, 0.2) is 12.4 Å². The lowest BCUT2D eigenvalue weighted by molar-refractivity contribution is -0.126. The van der Waals surface area contributed by atoms with Gasteiger partial charge in [0.25, 0.3) is 0 Å². The summed E-state index contributed by atoms with van der Waals surface area (Å²) in [4.78, 5) is 16.3. The molecule has 1 fully saturated rings. The van der Waals surface area contributed by atoms with Crippen LogP contribution in [-0.4, -0.2) is 34.6 Å². The van der Waals surface area contributed by atoms with Gasteiger partial charge in [0.15, 0.2) is 0 Å². The number of aryl methyl sites for hydroxylation is 1. The molecule has 0 radical (unpaired) electrons. The molecule has 18 heavy (non-hydrogen) atoms. The van der Waals surface area contributed by atoms with Crippen LogP contribution < -0.4 is 10.6 Å². The third-order valence-corrected chi connectivity index (χ3v) is 3.67. The minimum Gasteiger partial charge on any atom is -0.355 e. The van der Waals surface area contributed by atoms with Gasteiger partial charge in [-0.15, -0.1) is 0 Å². The standard InChI is InChI=1S/C13H22N4O/c1-10-11(4-3-6-14-10)13(18)16-7-5-12-15-8-9-17(12)2/h8-11,14H,3-7H2,1-2H3,(H,16,18). The highest BCUT2D eigenvalue weighted by Crippen LogP contribution is 2.16. The molecule has 5 nitrogen and oxygen atoms in total. The maximum absolute atomic E-state index is 12.0. The molecule has 0 aliphatic carbocycles. The number of imidazole rings is 1. The van der Waals surface area contributed by atoms with E-state index >= 15 is 0 Å². The Bertz CT molecular complexity index is 401. The highest BCUT2D eigenvalue weighted by molar-refractivity contribution is 5.79. The second-order valence-electron chi connectivity index (χ2n) is 4.99. The van der Waals surface area contributed by atoms with Crippen molar-refractivity contribution in [3.05, 3.63) is 18.2 Å². The summed E-state index contributed by atoms with van der Waals surface area (Å²) in [6, 6.07) is 0.284. The summed E-state index contributed by atoms with van der Waals surface area (Å²) in [6.45, 7) is 3.77. The fraction of sp³-hybridized carbons (Fsp3) is 0.692. The third kappa shape index (κ3) is 3.10. The summed E-state index contributed by atoms with van der Waals surface area (Å²) in [7, 11) is 1.97. The van der Waals surface area contributed by atoms with Crippen molar-refractivity contribution in [1.29, 1.82) is 0 Å². The third-order valence-electron chi connectivity index (χ3n) is 3.67. The second kappa shape index (κ2) is 6.00. The van der Waals surface area contributed by atoms with Crippen LogP contribution in [0.2, 0.25) is 0 Å². The Morgan fingerprint density at radius 1 is 1.67 bits per heavy atom. The van der Waals surface area contributed by atoms with Gasteiger partial charge in [0.05, 0.1) is 5.92 Å². The quantitative estimate of drug-likeness (QED) is 0.816. The van der Waals surface area contributed by atoms with Crippen molar-refractivity contribution in [3.8, 4) is 0 Å². The van der Waals surface area contributed by atoms with E-state index in [0.29, 0.717) is 6.54 Å². The number of piperidine rings is 1. The number of rotatable bonds is 4. The zero-order chi connectivity index (χ0) is 13.0. The maximum atomic E-state index is 12.0. The van der Waals surface area contributed by atoms with Crippen LogP contribution in [-0.2, 0) is 18.3 Å². The topological polar surface area (TPSA) is 59.0 Å². The zero-order valence-electron chi connectivity index (χ0n) is 11.1. The van der Waals surface area contributed by atoms with Gasteiger partial charge in [-0.05, 0) is 26.3 Å². The maximum Gasteiger partial charge on any atom is 0.224 e. The highest BCUT2D eigenvalue weighted by atomic mass is 16.1. The molecule has 2 N–H and O–H groups in total. The number of nitrogens with zero attached hydrogens (tertiary/aromatic N) is 2.